The number of nitrogens with zero attached hydrogens (tertiary/aromatic N) is 1. The van der Waals surface area contributed by atoms with Gasteiger partial charge in [0.1, 0.15) is 5.69 Å². The fourth-order valence-electron chi connectivity index (χ4n) is 2.49. The molecule has 0 bridgehead atoms. The molecule has 2 N–H and O–H groups in total. The van der Waals surface area contributed by atoms with Crippen molar-refractivity contribution in [3.63, 3.8) is 0 Å². The average Bonchev–Trinajstić information content (AvgIpc) is 3.08. The maximum atomic E-state index is 12.2. The Bertz CT molecular complexity index is 403. The Morgan fingerprint density at radius 3 is 3.00 bits per heavy atom. The van der Waals surface area contributed by atoms with E-state index in [9.17, 15) is 4.79 Å². The maximum absolute atomic E-state index is 12.2. The van der Waals surface area contributed by atoms with Gasteiger partial charge in [-0.2, -0.15) is 0 Å². The van der Waals surface area contributed by atoms with Gasteiger partial charge in [-0.1, -0.05) is 0 Å². The SMILES string of the molecule is O=C(N[C@@H]1CCCNC1)c1cccn1C1CC1. The summed E-state index contributed by atoms with van der Waals surface area (Å²) in [6, 6.07) is 4.74. The van der Waals surface area contributed by atoms with Crippen LogP contribution in [0.25, 0.3) is 0 Å². The van der Waals surface area contributed by atoms with Crippen LogP contribution in [0.4, 0.5) is 0 Å². The number of rotatable bonds is 3. The van der Waals surface area contributed by atoms with Crippen LogP contribution in [0, 0.1) is 0 Å². The normalized spacial score (nSPS) is 24.6. The lowest BCUT2D eigenvalue weighted by Crippen LogP contribution is -2.46. The largest absolute Gasteiger partial charge is 0.347 e. The third-order valence-electron chi connectivity index (χ3n) is 3.58. The molecule has 1 amide bonds. The molecule has 0 radical (unpaired) electrons. The minimum absolute atomic E-state index is 0.0793. The van der Waals surface area contributed by atoms with E-state index in [2.05, 4.69) is 15.2 Å². The van der Waals surface area contributed by atoms with Gasteiger partial charge in [0.05, 0.1) is 0 Å². The van der Waals surface area contributed by atoms with E-state index in [1.54, 1.807) is 0 Å². The second-order valence-electron chi connectivity index (χ2n) is 5.05. The first-order chi connectivity index (χ1) is 8.34. The van der Waals surface area contributed by atoms with Crippen LogP contribution in [0.2, 0.25) is 0 Å². The zero-order valence-corrected chi connectivity index (χ0v) is 9.98. The third kappa shape index (κ3) is 2.36. The number of carbonyl (C=O) groups excluding carboxylic acids is 1. The average molecular weight is 233 g/mol. The predicted molar refractivity (Wildman–Crippen MR) is 66.1 cm³/mol. The first-order valence-corrected chi connectivity index (χ1v) is 6.53. The molecule has 92 valence electrons. The fourth-order valence-corrected chi connectivity index (χ4v) is 2.49. The van der Waals surface area contributed by atoms with Gasteiger partial charge in [0.25, 0.3) is 5.91 Å². The zero-order valence-electron chi connectivity index (χ0n) is 9.98. The van der Waals surface area contributed by atoms with Crippen molar-refractivity contribution in [1.29, 1.82) is 0 Å². The van der Waals surface area contributed by atoms with E-state index >= 15 is 0 Å². The van der Waals surface area contributed by atoms with Gasteiger partial charge in [-0.15, -0.1) is 0 Å². The van der Waals surface area contributed by atoms with Crippen molar-refractivity contribution in [2.45, 2.75) is 37.8 Å². The first-order valence-electron chi connectivity index (χ1n) is 6.53. The minimum Gasteiger partial charge on any atom is -0.347 e. The Labute approximate surface area is 101 Å². The minimum atomic E-state index is 0.0793. The number of hydrogen-bond donors (Lipinski definition) is 2. The van der Waals surface area contributed by atoms with E-state index in [1.807, 2.05) is 18.3 Å². The van der Waals surface area contributed by atoms with Crippen LogP contribution in [0.1, 0.15) is 42.2 Å². The summed E-state index contributed by atoms with van der Waals surface area (Å²) in [6.07, 6.45) is 6.67. The molecule has 2 heterocycles. The van der Waals surface area contributed by atoms with Gasteiger partial charge in [-0.25, -0.2) is 0 Å². The molecule has 17 heavy (non-hydrogen) atoms. The van der Waals surface area contributed by atoms with Crippen LogP contribution in [-0.2, 0) is 0 Å². The van der Waals surface area contributed by atoms with Gasteiger partial charge in [0, 0.05) is 24.8 Å². The molecule has 1 atom stereocenters. The maximum Gasteiger partial charge on any atom is 0.268 e. The topological polar surface area (TPSA) is 46.1 Å². The van der Waals surface area contributed by atoms with Crippen LogP contribution in [-0.4, -0.2) is 29.6 Å². The summed E-state index contributed by atoms with van der Waals surface area (Å²) in [5.41, 5.74) is 0.818. The monoisotopic (exact) mass is 233 g/mol. The number of nitrogens with one attached hydrogen (secondary N) is 2. The van der Waals surface area contributed by atoms with E-state index in [0.717, 1.165) is 31.6 Å². The highest BCUT2D eigenvalue weighted by molar-refractivity contribution is 5.93. The molecule has 1 aliphatic heterocycles. The molecule has 4 nitrogen and oxygen atoms in total. The molecule has 1 aromatic rings. The van der Waals surface area contributed by atoms with Crippen molar-refractivity contribution in [1.82, 2.24) is 15.2 Å². The van der Waals surface area contributed by atoms with Gasteiger partial charge in [0.15, 0.2) is 0 Å². The van der Waals surface area contributed by atoms with E-state index in [0.29, 0.717) is 12.1 Å². The lowest BCUT2D eigenvalue weighted by atomic mass is 10.1. The number of carbonyl (C=O) groups is 1. The summed E-state index contributed by atoms with van der Waals surface area (Å²) in [6.45, 7) is 1.97. The Balaban J connectivity index is 1.66. The van der Waals surface area contributed by atoms with Gasteiger partial charge in [0.2, 0.25) is 0 Å². The molecule has 1 saturated carbocycles. The summed E-state index contributed by atoms with van der Waals surface area (Å²) >= 11 is 0. The van der Waals surface area contributed by atoms with Crippen molar-refractivity contribution in [2.75, 3.05) is 13.1 Å². The van der Waals surface area contributed by atoms with Crippen molar-refractivity contribution in [3.05, 3.63) is 24.0 Å². The Hall–Kier alpha value is -1.29. The Morgan fingerprint density at radius 1 is 1.41 bits per heavy atom. The standard InChI is InChI=1S/C13H19N3O/c17-13(15-10-3-1-7-14-9-10)12-4-2-8-16(12)11-5-6-11/h2,4,8,10-11,14H,1,3,5-7,9H2,(H,15,17)/t10-/m1/s1. The molecular weight excluding hydrogens is 214 g/mol. The molecule has 3 rings (SSSR count). The van der Waals surface area contributed by atoms with Gasteiger partial charge in [-0.05, 0) is 44.4 Å². The zero-order chi connectivity index (χ0) is 11.7. The highest BCUT2D eigenvalue weighted by Gasteiger charge is 2.27. The second-order valence-corrected chi connectivity index (χ2v) is 5.05. The predicted octanol–water partition coefficient (Wildman–Crippen LogP) is 1.30. The molecule has 0 aromatic carbocycles. The summed E-state index contributed by atoms with van der Waals surface area (Å²) in [5.74, 6) is 0.0793. The van der Waals surface area contributed by atoms with Crippen molar-refractivity contribution < 1.29 is 4.79 Å². The number of hydrogen-bond acceptors (Lipinski definition) is 2. The third-order valence-corrected chi connectivity index (χ3v) is 3.58. The van der Waals surface area contributed by atoms with E-state index in [1.165, 1.54) is 12.8 Å². The quantitative estimate of drug-likeness (QED) is 0.826. The smallest absolute Gasteiger partial charge is 0.268 e. The lowest BCUT2D eigenvalue weighted by Gasteiger charge is -2.24. The first kappa shape index (κ1) is 10.8. The highest BCUT2D eigenvalue weighted by Crippen LogP contribution is 2.35. The van der Waals surface area contributed by atoms with Gasteiger partial charge in [-0.3, -0.25) is 4.79 Å². The van der Waals surface area contributed by atoms with Crippen LogP contribution in [0.3, 0.4) is 0 Å². The molecule has 2 aliphatic rings. The van der Waals surface area contributed by atoms with Crippen molar-refractivity contribution in [2.24, 2.45) is 0 Å². The molecule has 0 unspecified atom stereocenters. The van der Waals surface area contributed by atoms with Crippen molar-refractivity contribution >= 4 is 5.91 Å². The van der Waals surface area contributed by atoms with Crippen LogP contribution in [0.5, 0.6) is 0 Å². The summed E-state index contributed by atoms with van der Waals surface area (Å²) in [7, 11) is 0. The Morgan fingerprint density at radius 2 is 2.29 bits per heavy atom. The lowest BCUT2D eigenvalue weighted by molar-refractivity contribution is 0.0921. The van der Waals surface area contributed by atoms with Gasteiger partial charge >= 0.3 is 0 Å². The van der Waals surface area contributed by atoms with Crippen LogP contribution >= 0.6 is 0 Å². The molecule has 4 heteroatoms. The van der Waals surface area contributed by atoms with E-state index < -0.39 is 0 Å². The molecule has 1 saturated heterocycles. The summed E-state index contributed by atoms with van der Waals surface area (Å²) in [5, 5.41) is 6.44. The molecule has 1 aromatic heterocycles. The number of aromatic nitrogens is 1. The van der Waals surface area contributed by atoms with E-state index in [-0.39, 0.29) is 5.91 Å². The highest BCUT2D eigenvalue weighted by atomic mass is 16.2. The van der Waals surface area contributed by atoms with Gasteiger partial charge < -0.3 is 15.2 Å². The molecule has 2 fully saturated rings. The molecule has 0 spiro atoms. The molecule has 1 aliphatic carbocycles. The summed E-state index contributed by atoms with van der Waals surface area (Å²) < 4.78 is 2.12. The second kappa shape index (κ2) is 4.53. The Kier molecular flexibility index (Phi) is 2.89. The molecular formula is C13H19N3O. The summed E-state index contributed by atoms with van der Waals surface area (Å²) in [4.78, 5) is 12.2. The number of amides is 1. The fraction of sp³-hybridized carbons (Fsp3) is 0.615. The van der Waals surface area contributed by atoms with Crippen LogP contribution in [0.15, 0.2) is 18.3 Å². The number of piperidine rings is 1. The van der Waals surface area contributed by atoms with E-state index in [4.69, 9.17) is 0 Å². The van der Waals surface area contributed by atoms with Crippen molar-refractivity contribution in [3.8, 4) is 0 Å². The van der Waals surface area contributed by atoms with Crippen LogP contribution < -0.4 is 10.6 Å².